The van der Waals surface area contributed by atoms with E-state index < -0.39 is 6.36 Å². The topological polar surface area (TPSA) is 42.2 Å². The molecule has 0 spiro atoms. The van der Waals surface area contributed by atoms with Gasteiger partial charge < -0.3 is 9.47 Å². The van der Waals surface area contributed by atoms with Crippen molar-refractivity contribution in [2.75, 3.05) is 0 Å². The number of nitriles is 1. The molecule has 2 aromatic carbocycles. The van der Waals surface area contributed by atoms with Crippen molar-refractivity contribution in [1.82, 2.24) is 0 Å². The van der Waals surface area contributed by atoms with Crippen LogP contribution in [0.25, 0.3) is 0 Å². The van der Waals surface area contributed by atoms with Crippen molar-refractivity contribution in [3.05, 3.63) is 59.7 Å². The molecule has 0 unspecified atom stereocenters. The Morgan fingerprint density at radius 2 is 1.67 bits per heavy atom. The van der Waals surface area contributed by atoms with Crippen molar-refractivity contribution in [3.63, 3.8) is 0 Å². The van der Waals surface area contributed by atoms with E-state index in [0.29, 0.717) is 11.3 Å². The Bertz CT molecular complexity index is 645. The Kier molecular flexibility index (Phi) is 4.33. The van der Waals surface area contributed by atoms with E-state index in [1.165, 1.54) is 24.3 Å². The maximum atomic E-state index is 12.0. The lowest BCUT2D eigenvalue weighted by molar-refractivity contribution is -0.274. The summed E-state index contributed by atoms with van der Waals surface area (Å²) in [6, 6.07) is 14.0. The van der Waals surface area contributed by atoms with Gasteiger partial charge in [0.05, 0.1) is 11.6 Å². The molecule has 0 aliphatic heterocycles. The summed E-state index contributed by atoms with van der Waals surface area (Å²) in [6.07, 6.45) is -4.71. The van der Waals surface area contributed by atoms with Crippen LogP contribution >= 0.6 is 0 Å². The molecule has 108 valence electrons. The number of hydrogen-bond donors (Lipinski definition) is 0. The van der Waals surface area contributed by atoms with Crippen LogP contribution in [-0.2, 0) is 6.61 Å². The quantitative estimate of drug-likeness (QED) is 0.854. The average Bonchev–Trinajstić information content (AvgIpc) is 2.45. The molecule has 2 aromatic rings. The molecule has 0 atom stereocenters. The van der Waals surface area contributed by atoms with Gasteiger partial charge >= 0.3 is 6.36 Å². The molecule has 0 radical (unpaired) electrons. The van der Waals surface area contributed by atoms with Crippen LogP contribution in [0.15, 0.2) is 48.5 Å². The van der Waals surface area contributed by atoms with Gasteiger partial charge in [-0.1, -0.05) is 12.1 Å². The molecule has 3 nitrogen and oxygen atoms in total. The lowest BCUT2D eigenvalue weighted by Crippen LogP contribution is -2.16. The highest BCUT2D eigenvalue weighted by atomic mass is 19.4. The number of hydrogen-bond acceptors (Lipinski definition) is 3. The van der Waals surface area contributed by atoms with Gasteiger partial charge in [-0.2, -0.15) is 5.26 Å². The molecular formula is C15H10F3NO2. The van der Waals surface area contributed by atoms with Gasteiger partial charge in [0.25, 0.3) is 0 Å². The Morgan fingerprint density at radius 1 is 1.00 bits per heavy atom. The maximum absolute atomic E-state index is 12.0. The molecule has 0 N–H and O–H groups in total. The fourth-order valence-electron chi connectivity index (χ4n) is 1.63. The number of rotatable bonds is 4. The molecule has 0 fully saturated rings. The number of benzene rings is 2. The summed E-state index contributed by atoms with van der Waals surface area (Å²) >= 11 is 0. The van der Waals surface area contributed by atoms with Crippen molar-refractivity contribution < 1.29 is 22.6 Å². The van der Waals surface area contributed by atoms with Gasteiger partial charge in [-0.15, -0.1) is 13.2 Å². The minimum atomic E-state index is -4.71. The van der Waals surface area contributed by atoms with Crippen LogP contribution in [0, 0.1) is 11.3 Å². The second-order valence-corrected chi connectivity index (χ2v) is 4.12. The van der Waals surface area contributed by atoms with E-state index in [2.05, 4.69) is 4.74 Å². The van der Waals surface area contributed by atoms with E-state index in [0.717, 1.165) is 5.56 Å². The third-order valence-electron chi connectivity index (χ3n) is 2.52. The van der Waals surface area contributed by atoms with Gasteiger partial charge in [-0.25, -0.2) is 0 Å². The van der Waals surface area contributed by atoms with Gasteiger partial charge in [0.1, 0.15) is 18.1 Å². The van der Waals surface area contributed by atoms with E-state index >= 15 is 0 Å². The third kappa shape index (κ3) is 4.73. The summed E-state index contributed by atoms with van der Waals surface area (Å²) in [5, 5.41) is 8.77. The number of halogens is 3. The molecule has 0 amide bonds. The monoisotopic (exact) mass is 293 g/mol. The first-order valence-corrected chi connectivity index (χ1v) is 5.94. The summed E-state index contributed by atoms with van der Waals surface area (Å²) in [7, 11) is 0. The van der Waals surface area contributed by atoms with Crippen molar-refractivity contribution in [2.24, 2.45) is 0 Å². The molecule has 0 bridgehead atoms. The van der Waals surface area contributed by atoms with Crippen molar-refractivity contribution in [3.8, 4) is 17.6 Å². The van der Waals surface area contributed by atoms with Crippen LogP contribution in [0.1, 0.15) is 11.1 Å². The lowest BCUT2D eigenvalue weighted by Gasteiger charge is -2.10. The van der Waals surface area contributed by atoms with Crippen molar-refractivity contribution >= 4 is 0 Å². The number of ether oxygens (including phenoxy) is 2. The van der Waals surface area contributed by atoms with E-state index in [4.69, 9.17) is 10.00 Å². The van der Waals surface area contributed by atoms with Crippen LogP contribution in [0.3, 0.4) is 0 Å². The number of nitrogens with zero attached hydrogens (tertiary/aromatic N) is 1. The largest absolute Gasteiger partial charge is 0.573 e. The first kappa shape index (κ1) is 14.7. The van der Waals surface area contributed by atoms with Crippen LogP contribution in [0.5, 0.6) is 11.5 Å². The lowest BCUT2D eigenvalue weighted by atomic mass is 10.1. The van der Waals surface area contributed by atoms with Crippen LogP contribution in [0.4, 0.5) is 13.2 Å². The zero-order valence-electron chi connectivity index (χ0n) is 10.7. The summed E-state index contributed by atoms with van der Waals surface area (Å²) < 4.78 is 45.2. The summed E-state index contributed by atoms with van der Waals surface area (Å²) in [4.78, 5) is 0. The van der Waals surface area contributed by atoms with Gasteiger partial charge in [-0.05, 0) is 42.0 Å². The summed E-state index contributed by atoms with van der Waals surface area (Å²) in [5.74, 6) is 0.105. The zero-order chi connectivity index (χ0) is 15.3. The van der Waals surface area contributed by atoms with Gasteiger partial charge in [0.2, 0.25) is 0 Å². The molecule has 0 aromatic heterocycles. The first-order valence-electron chi connectivity index (χ1n) is 5.94. The molecule has 0 aliphatic carbocycles. The Hall–Kier alpha value is -2.68. The minimum absolute atomic E-state index is 0.217. The SMILES string of the molecule is N#Cc1cccc(COc2ccc(OC(F)(F)F)cc2)c1. The van der Waals surface area contributed by atoms with E-state index in [9.17, 15) is 13.2 Å². The van der Waals surface area contributed by atoms with Crippen molar-refractivity contribution in [2.45, 2.75) is 13.0 Å². The Morgan fingerprint density at radius 3 is 2.29 bits per heavy atom. The van der Waals surface area contributed by atoms with Crippen molar-refractivity contribution in [1.29, 1.82) is 5.26 Å². The molecular weight excluding hydrogens is 283 g/mol. The van der Waals surface area contributed by atoms with E-state index in [1.54, 1.807) is 24.3 Å². The molecule has 0 saturated carbocycles. The highest BCUT2D eigenvalue weighted by molar-refractivity contribution is 5.34. The fraction of sp³-hybridized carbons (Fsp3) is 0.133. The highest BCUT2D eigenvalue weighted by Crippen LogP contribution is 2.25. The predicted molar refractivity (Wildman–Crippen MR) is 68.6 cm³/mol. The molecule has 0 aliphatic rings. The molecule has 0 saturated heterocycles. The fourth-order valence-corrected chi connectivity index (χ4v) is 1.63. The van der Waals surface area contributed by atoms with Crippen LogP contribution in [-0.4, -0.2) is 6.36 Å². The summed E-state index contributed by atoms with van der Waals surface area (Å²) in [5.41, 5.74) is 1.31. The third-order valence-corrected chi connectivity index (χ3v) is 2.52. The standard InChI is InChI=1S/C15H10F3NO2/c16-15(17,18)21-14-6-4-13(5-7-14)20-10-12-3-1-2-11(8-12)9-19/h1-8H,10H2. The summed E-state index contributed by atoms with van der Waals surface area (Å²) in [6.45, 7) is 0.217. The van der Waals surface area contributed by atoms with Gasteiger partial charge in [0.15, 0.2) is 0 Å². The second-order valence-electron chi connectivity index (χ2n) is 4.12. The Balaban J connectivity index is 1.96. The number of alkyl halides is 3. The van der Waals surface area contributed by atoms with Crippen LogP contribution in [0.2, 0.25) is 0 Å². The highest BCUT2D eigenvalue weighted by Gasteiger charge is 2.30. The maximum Gasteiger partial charge on any atom is 0.573 e. The molecule has 2 rings (SSSR count). The molecule has 6 heteroatoms. The predicted octanol–water partition coefficient (Wildman–Crippen LogP) is 4.04. The second kappa shape index (κ2) is 6.18. The Labute approximate surface area is 119 Å². The first-order chi connectivity index (χ1) is 9.96. The average molecular weight is 293 g/mol. The minimum Gasteiger partial charge on any atom is -0.489 e. The zero-order valence-corrected chi connectivity index (χ0v) is 10.7. The smallest absolute Gasteiger partial charge is 0.489 e. The molecule has 21 heavy (non-hydrogen) atoms. The van der Waals surface area contributed by atoms with E-state index in [1.807, 2.05) is 6.07 Å². The normalized spacial score (nSPS) is 10.8. The molecule has 0 heterocycles. The van der Waals surface area contributed by atoms with E-state index in [-0.39, 0.29) is 12.4 Å². The van der Waals surface area contributed by atoms with Gasteiger partial charge in [-0.3, -0.25) is 0 Å². The van der Waals surface area contributed by atoms with Gasteiger partial charge in [0, 0.05) is 0 Å². The van der Waals surface area contributed by atoms with Crippen LogP contribution < -0.4 is 9.47 Å².